The zero-order valence-corrected chi connectivity index (χ0v) is 19.7. The molecule has 9 heteroatoms. The number of pyridine rings is 1. The van der Waals surface area contributed by atoms with Crippen LogP contribution in [-0.2, 0) is 33.4 Å². The summed E-state index contributed by atoms with van der Waals surface area (Å²) in [7, 11) is 1.71. The number of nitrogens with zero attached hydrogens (tertiary/aromatic N) is 2. The lowest BCUT2D eigenvalue weighted by Crippen LogP contribution is -2.51. The van der Waals surface area contributed by atoms with Gasteiger partial charge >= 0.3 is 6.18 Å². The van der Waals surface area contributed by atoms with Crippen molar-refractivity contribution in [3.05, 3.63) is 29.1 Å². The highest BCUT2D eigenvalue weighted by molar-refractivity contribution is 5.84. The second-order valence-corrected chi connectivity index (χ2v) is 10.5. The number of amides is 1. The fraction of sp³-hybridized carbons (Fsp3) is 0.760. The molecular weight excluding hydrogens is 447 g/mol. The number of ether oxygens (including phenoxy) is 2. The molecule has 0 bridgehead atoms. The van der Waals surface area contributed by atoms with E-state index < -0.39 is 17.2 Å². The summed E-state index contributed by atoms with van der Waals surface area (Å²) in [6.07, 6.45) is 3.67. The summed E-state index contributed by atoms with van der Waals surface area (Å²) in [5.41, 5.74) is 0.0290. The molecule has 188 valence electrons. The van der Waals surface area contributed by atoms with Crippen molar-refractivity contribution >= 4 is 5.91 Å². The van der Waals surface area contributed by atoms with Gasteiger partial charge in [0.05, 0.1) is 23.7 Å². The number of hydrogen-bond donors (Lipinski definition) is 1. The molecule has 34 heavy (non-hydrogen) atoms. The van der Waals surface area contributed by atoms with Crippen molar-refractivity contribution in [2.45, 2.75) is 82.3 Å². The second-order valence-electron chi connectivity index (χ2n) is 10.5. The highest BCUT2D eigenvalue weighted by Crippen LogP contribution is 2.54. The molecule has 5 atom stereocenters. The van der Waals surface area contributed by atoms with Crippen LogP contribution in [0.25, 0.3) is 0 Å². The van der Waals surface area contributed by atoms with Crippen LogP contribution < -0.4 is 5.32 Å². The van der Waals surface area contributed by atoms with Crippen LogP contribution in [0.3, 0.4) is 0 Å². The molecule has 2 aliphatic heterocycles. The van der Waals surface area contributed by atoms with E-state index in [1.165, 1.54) is 6.07 Å². The fourth-order valence-electron chi connectivity index (χ4n) is 6.79. The Bertz CT molecular complexity index is 911. The van der Waals surface area contributed by atoms with Crippen molar-refractivity contribution < 1.29 is 27.4 Å². The van der Waals surface area contributed by atoms with Gasteiger partial charge in [-0.15, -0.1) is 0 Å². The average Bonchev–Trinajstić information content (AvgIpc) is 3.21. The van der Waals surface area contributed by atoms with Crippen LogP contribution >= 0.6 is 0 Å². The van der Waals surface area contributed by atoms with E-state index in [0.717, 1.165) is 51.1 Å². The summed E-state index contributed by atoms with van der Waals surface area (Å²) < 4.78 is 50.8. The maximum absolute atomic E-state index is 14.0. The van der Waals surface area contributed by atoms with Crippen LogP contribution in [0.5, 0.6) is 0 Å². The van der Waals surface area contributed by atoms with E-state index in [0.29, 0.717) is 43.4 Å². The molecule has 4 aliphatic rings. The number of methoxy groups -OCH3 is 1. The van der Waals surface area contributed by atoms with Gasteiger partial charge in [-0.1, -0.05) is 12.8 Å². The Hall–Kier alpha value is -1.71. The average molecular weight is 482 g/mol. The standard InChI is InChI=1S/C25H34F3N3O3/c1-33-22-15-34-9-6-21(22)30-19-11-17-4-2-3-7-24(17,12-19)23(32)31-8-5-20-16(14-31)10-18(13-29-20)25(26,27)28/h10,13,17,19,21-22,30H,2-9,11-12,14-15H2,1H3/t17-,19-,21?,22?,24-/m1/s1. The predicted octanol–water partition coefficient (Wildman–Crippen LogP) is 3.72. The van der Waals surface area contributed by atoms with Gasteiger partial charge in [-0.3, -0.25) is 9.78 Å². The number of aromatic nitrogens is 1. The van der Waals surface area contributed by atoms with E-state index in [-0.39, 0.29) is 30.6 Å². The number of carbonyl (C=O) groups is 1. The molecule has 1 aromatic rings. The first kappa shape index (κ1) is 24.0. The minimum Gasteiger partial charge on any atom is -0.379 e. The van der Waals surface area contributed by atoms with Crippen molar-refractivity contribution in [3.63, 3.8) is 0 Å². The first-order valence-electron chi connectivity index (χ1n) is 12.5. The monoisotopic (exact) mass is 481 g/mol. The lowest BCUT2D eigenvalue weighted by molar-refractivity contribution is -0.147. The third-order valence-electron chi connectivity index (χ3n) is 8.52. The quantitative estimate of drug-likeness (QED) is 0.710. The Balaban J connectivity index is 1.33. The second kappa shape index (κ2) is 9.39. The lowest BCUT2D eigenvalue weighted by Gasteiger charge is -2.43. The Labute approximate surface area is 198 Å². The summed E-state index contributed by atoms with van der Waals surface area (Å²) >= 11 is 0. The highest BCUT2D eigenvalue weighted by Gasteiger charge is 2.55. The Morgan fingerprint density at radius 1 is 1.32 bits per heavy atom. The smallest absolute Gasteiger partial charge is 0.379 e. The minimum atomic E-state index is -4.43. The third-order valence-corrected chi connectivity index (χ3v) is 8.52. The van der Waals surface area contributed by atoms with Crippen molar-refractivity contribution in [2.24, 2.45) is 11.3 Å². The molecule has 3 fully saturated rings. The largest absolute Gasteiger partial charge is 0.417 e. The molecule has 0 spiro atoms. The van der Waals surface area contributed by atoms with Gasteiger partial charge in [0.2, 0.25) is 5.91 Å². The molecule has 1 saturated heterocycles. The summed E-state index contributed by atoms with van der Waals surface area (Å²) in [6, 6.07) is 1.63. The molecule has 1 amide bonds. The SMILES string of the molecule is COC1COCCC1N[C@@H]1C[C@H]2CCCC[C@@]2(C(=O)N2CCc3ncc(C(F)(F)F)cc3C2)C1. The van der Waals surface area contributed by atoms with Crippen LogP contribution in [0.4, 0.5) is 13.2 Å². The first-order chi connectivity index (χ1) is 16.3. The number of hydrogen-bond acceptors (Lipinski definition) is 5. The van der Waals surface area contributed by atoms with Gasteiger partial charge in [-0.25, -0.2) is 0 Å². The molecule has 2 aliphatic carbocycles. The van der Waals surface area contributed by atoms with E-state index in [9.17, 15) is 18.0 Å². The van der Waals surface area contributed by atoms with Crippen molar-refractivity contribution in [2.75, 3.05) is 26.9 Å². The maximum atomic E-state index is 14.0. The molecule has 2 saturated carbocycles. The van der Waals surface area contributed by atoms with Crippen LogP contribution in [0.2, 0.25) is 0 Å². The zero-order chi connectivity index (χ0) is 23.9. The number of rotatable bonds is 4. The van der Waals surface area contributed by atoms with Crippen LogP contribution in [0.15, 0.2) is 12.3 Å². The first-order valence-corrected chi connectivity index (χ1v) is 12.5. The summed E-state index contributed by atoms with van der Waals surface area (Å²) in [5, 5.41) is 3.79. The summed E-state index contributed by atoms with van der Waals surface area (Å²) in [4.78, 5) is 19.9. The predicted molar refractivity (Wildman–Crippen MR) is 119 cm³/mol. The Morgan fingerprint density at radius 3 is 2.97 bits per heavy atom. The highest BCUT2D eigenvalue weighted by atomic mass is 19.4. The molecular formula is C25H34F3N3O3. The van der Waals surface area contributed by atoms with E-state index in [1.807, 2.05) is 0 Å². The third kappa shape index (κ3) is 4.46. The van der Waals surface area contributed by atoms with Crippen molar-refractivity contribution in [1.29, 1.82) is 0 Å². The van der Waals surface area contributed by atoms with Crippen LogP contribution in [-0.4, -0.2) is 60.8 Å². The van der Waals surface area contributed by atoms with Gasteiger partial charge in [0.1, 0.15) is 0 Å². The number of carbonyl (C=O) groups excluding carboxylic acids is 1. The number of fused-ring (bicyclic) bond motifs is 2. The molecule has 5 rings (SSSR count). The molecule has 1 N–H and O–H groups in total. The molecule has 3 heterocycles. The van der Waals surface area contributed by atoms with E-state index in [2.05, 4.69) is 10.3 Å². The lowest BCUT2D eigenvalue weighted by atomic mass is 9.67. The van der Waals surface area contributed by atoms with Gasteiger partial charge in [0, 0.05) is 57.2 Å². The van der Waals surface area contributed by atoms with E-state index in [4.69, 9.17) is 9.47 Å². The zero-order valence-electron chi connectivity index (χ0n) is 19.7. The molecule has 0 radical (unpaired) electrons. The van der Waals surface area contributed by atoms with Gasteiger partial charge in [0.15, 0.2) is 0 Å². The fourth-order valence-corrected chi connectivity index (χ4v) is 6.79. The number of halogens is 3. The van der Waals surface area contributed by atoms with Gasteiger partial charge in [-0.05, 0) is 49.7 Å². The minimum absolute atomic E-state index is 0.0111. The van der Waals surface area contributed by atoms with Crippen molar-refractivity contribution in [1.82, 2.24) is 15.2 Å². The van der Waals surface area contributed by atoms with E-state index in [1.54, 1.807) is 12.0 Å². The maximum Gasteiger partial charge on any atom is 0.417 e. The normalized spacial score (nSPS) is 33.9. The summed E-state index contributed by atoms with van der Waals surface area (Å²) in [6.45, 7) is 2.01. The Morgan fingerprint density at radius 2 is 2.18 bits per heavy atom. The van der Waals surface area contributed by atoms with Crippen LogP contribution in [0.1, 0.15) is 61.8 Å². The molecule has 1 aromatic heterocycles. The van der Waals surface area contributed by atoms with Gasteiger partial charge in [-0.2, -0.15) is 13.2 Å². The Kier molecular flexibility index (Phi) is 6.63. The molecule has 0 aromatic carbocycles. The van der Waals surface area contributed by atoms with Crippen molar-refractivity contribution in [3.8, 4) is 0 Å². The number of alkyl halides is 3. The van der Waals surface area contributed by atoms with Gasteiger partial charge in [0.25, 0.3) is 0 Å². The topological polar surface area (TPSA) is 63.7 Å². The molecule has 2 unspecified atom stereocenters. The molecule has 6 nitrogen and oxygen atoms in total. The number of nitrogens with one attached hydrogen (secondary N) is 1. The van der Waals surface area contributed by atoms with Gasteiger partial charge < -0.3 is 19.7 Å². The van der Waals surface area contributed by atoms with Crippen LogP contribution in [0, 0.1) is 11.3 Å². The van der Waals surface area contributed by atoms with E-state index >= 15 is 0 Å². The summed E-state index contributed by atoms with van der Waals surface area (Å²) in [5.74, 6) is 0.438.